The van der Waals surface area contributed by atoms with Crippen LogP contribution in [0.3, 0.4) is 0 Å². The molecule has 20 heavy (non-hydrogen) atoms. The summed E-state index contributed by atoms with van der Waals surface area (Å²) >= 11 is 0. The van der Waals surface area contributed by atoms with Crippen molar-refractivity contribution >= 4 is 5.78 Å². The summed E-state index contributed by atoms with van der Waals surface area (Å²) < 4.78 is 19.0. The molecule has 0 radical (unpaired) electrons. The molecule has 100 valence electrons. The van der Waals surface area contributed by atoms with Crippen molar-refractivity contribution < 1.29 is 13.9 Å². The van der Waals surface area contributed by atoms with Gasteiger partial charge in [0, 0.05) is 12.0 Å². The molecule has 0 spiro atoms. The van der Waals surface area contributed by atoms with Crippen LogP contribution >= 0.6 is 0 Å². The first kappa shape index (κ1) is 13.8. The monoisotopic (exact) mass is 269 g/mol. The third-order valence-corrected chi connectivity index (χ3v) is 2.79. The molecule has 0 unspecified atom stereocenters. The van der Waals surface area contributed by atoms with Crippen LogP contribution < -0.4 is 4.74 Å². The molecular formula is C16H12FNO2. The summed E-state index contributed by atoms with van der Waals surface area (Å²) in [6, 6.07) is 12.4. The van der Waals surface area contributed by atoms with Gasteiger partial charge in [-0.15, -0.1) is 0 Å². The fraction of sp³-hybridized carbons (Fsp3) is 0.125. The Hall–Kier alpha value is -2.67. The van der Waals surface area contributed by atoms with Crippen LogP contribution in [0.25, 0.3) is 0 Å². The summed E-state index contributed by atoms with van der Waals surface area (Å²) in [5.74, 6) is -0.0845. The highest BCUT2D eigenvalue weighted by Crippen LogP contribution is 2.25. The average molecular weight is 269 g/mol. The Labute approximate surface area is 116 Å². The lowest BCUT2D eigenvalue weighted by Gasteiger charge is -2.07. The fourth-order valence-electron chi connectivity index (χ4n) is 1.69. The van der Waals surface area contributed by atoms with Gasteiger partial charge in [0.15, 0.2) is 17.3 Å². The van der Waals surface area contributed by atoms with Crippen LogP contribution in [0.15, 0.2) is 42.5 Å². The van der Waals surface area contributed by atoms with Gasteiger partial charge in [-0.1, -0.05) is 6.92 Å². The summed E-state index contributed by atoms with van der Waals surface area (Å²) in [7, 11) is 0. The molecule has 0 heterocycles. The van der Waals surface area contributed by atoms with Gasteiger partial charge < -0.3 is 4.74 Å². The van der Waals surface area contributed by atoms with E-state index in [1.165, 1.54) is 12.1 Å². The van der Waals surface area contributed by atoms with Gasteiger partial charge in [-0.25, -0.2) is 4.39 Å². The van der Waals surface area contributed by atoms with Gasteiger partial charge in [-0.3, -0.25) is 4.79 Å². The van der Waals surface area contributed by atoms with Crippen molar-refractivity contribution in [3.63, 3.8) is 0 Å². The van der Waals surface area contributed by atoms with Crippen LogP contribution in [-0.4, -0.2) is 5.78 Å². The molecular weight excluding hydrogens is 257 g/mol. The van der Waals surface area contributed by atoms with E-state index < -0.39 is 5.82 Å². The Morgan fingerprint density at radius 1 is 1.25 bits per heavy atom. The fourth-order valence-corrected chi connectivity index (χ4v) is 1.69. The van der Waals surface area contributed by atoms with Crippen molar-refractivity contribution in [2.45, 2.75) is 13.3 Å². The van der Waals surface area contributed by atoms with Crippen LogP contribution in [0.5, 0.6) is 11.5 Å². The number of carbonyl (C=O) groups excluding carboxylic acids is 1. The van der Waals surface area contributed by atoms with Gasteiger partial charge in [-0.05, 0) is 42.5 Å². The lowest BCUT2D eigenvalue weighted by atomic mass is 10.1. The Balaban J connectivity index is 2.18. The Morgan fingerprint density at radius 2 is 1.95 bits per heavy atom. The first-order valence-electron chi connectivity index (χ1n) is 6.15. The van der Waals surface area contributed by atoms with Crippen LogP contribution in [0.2, 0.25) is 0 Å². The van der Waals surface area contributed by atoms with Crippen LogP contribution in [-0.2, 0) is 0 Å². The third kappa shape index (κ3) is 3.01. The maximum atomic E-state index is 13.7. The highest BCUT2D eigenvalue weighted by Gasteiger charge is 2.07. The minimum Gasteiger partial charge on any atom is -0.454 e. The number of rotatable bonds is 4. The van der Waals surface area contributed by atoms with E-state index in [0.717, 1.165) is 6.07 Å². The summed E-state index contributed by atoms with van der Waals surface area (Å²) in [6.45, 7) is 1.79. The Bertz CT molecular complexity index is 672. The number of Topliss-reactive ketones (excluding diaryl/α,β-unsaturated/α-hetero) is 1. The molecule has 0 atom stereocenters. The second-order valence-electron chi connectivity index (χ2n) is 4.16. The van der Waals surface area contributed by atoms with E-state index in [2.05, 4.69) is 0 Å². The van der Waals surface area contributed by atoms with E-state index in [4.69, 9.17) is 10.00 Å². The number of nitrogens with zero attached hydrogens (tertiary/aromatic N) is 1. The van der Waals surface area contributed by atoms with Gasteiger partial charge in [0.25, 0.3) is 0 Å². The lowest BCUT2D eigenvalue weighted by molar-refractivity contribution is 0.0988. The van der Waals surface area contributed by atoms with Crippen LogP contribution in [0.4, 0.5) is 4.39 Å². The zero-order chi connectivity index (χ0) is 14.5. The molecule has 0 amide bonds. The van der Waals surface area contributed by atoms with E-state index in [-0.39, 0.29) is 17.1 Å². The van der Waals surface area contributed by atoms with E-state index in [1.54, 1.807) is 31.2 Å². The molecule has 2 rings (SSSR count). The Morgan fingerprint density at radius 3 is 2.50 bits per heavy atom. The summed E-state index contributed by atoms with van der Waals surface area (Å²) in [4.78, 5) is 11.5. The highest BCUT2D eigenvalue weighted by atomic mass is 19.1. The van der Waals surface area contributed by atoms with E-state index in [1.807, 2.05) is 6.07 Å². The van der Waals surface area contributed by atoms with Crippen LogP contribution in [0, 0.1) is 17.1 Å². The van der Waals surface area contributed by atoms with Crippen molar-refractivity contribution in [2.75, 3.05) is 0 Å². The number of ketones is 1. The minimum absolute atomic E-state index is 0.0403. The zero-order valence-electron chi connectivity index (χ0n) is 10.9. The van der Waals surface area contributed by atoms with Gasteiger partial charge in [-0.2, -0.15) is 5.26 Å². The largest absolute Gasteiger partial charge is 0.454 e. The quantitative estimate of drug-likeness (QED) is 0.786. The average Bonchev–Trinajstić information content (AvgIpc) is 2.49. The molecule has 0 saturated heterocycles. The van der Waals surface area contributed by atoms with Crippen molar-refractivity contribution in [1.82, 2.24) is 0 Å². The first-order valence-corrected chi connectivity index (χ1v) is 6.15. The normalized spacial score (nSPS) is 9.85. The molecule has 0 aromatic heterocycles. The van der Waals surface area contributed by atoms with Gasteiger partial charge in [0.1, 0.15) is 5.75 Å². The zero-order valence-corrected chi connectivity index (χ0v) is 10.9. The SMILES string of the molecule is CCC(=O)c1ccc(Oc2ccc(C#N)cc2F)cc1. The number of nitriles is 1. The number of carbonyl (C=O) groups is 1. The maximum Gasteiger partial charge on any atom is 0.167 e. The predicted molar refractivity (Wildman–Crippen MR) is 72.3 cm³/mol. The van der Waals surface area contributed by atoms with Gasteiger partial charge in [0.2, 0.25) is 0 Å². The molecule has 2 aromatic rings. The number of halogens is 1. The molecule has 0 aliphatic carbocycles. The van der Waals surface area contributed by atoms with E-state index >= 15 is 0 Å². The van der Waals surface area contributed by atoms with Crippen LogP contribution in [0.1, 0.15) is 29.3 Å². The summed E-state index contributed by atoms with van der Waals surface area (Å²) in [5, 5.41) is 8.66. The summed E-state index contributed by atoms with van der Waals surface area (Å²) in [5.41, 5.74) is 0.832. The molecule has 0 bridgehead atoms. The van der Waals surface area contributed by atoms with Crippen molar-refractivity contribution in [2.24, 2.45) is 0 Å². The molecule has 0 aliphatic rings. The number of ether oxygens (including phenoxy) is 1. The molecule has 4 heteroatoms. The maximum absolute atomic E-state index is 13.7. The molecule has 0 fully saturated rings. The second-order valence-corrected chi connectivity index (χ2v) is 4.16. The number of hydrogen-bond acceptors (Lipinski definition) is 3. The summed E-state index contributed by atoms with van der Waals surface area (Å²) in [6.07, 6.45) is 0.435. The molecule has 0 saturated carbocycles. The predicted octanol–water partition coefficient (Wildman–Crippen LogP) is 4.08. The van der Waals surface area contributed by atoms with Crippen molar-refractivity contribution in [1.29, 1.82) is 5.26 Å². The topological polar surface area (TPSA) is 50.1 Å². The number of benzene rings is 2. The molecule has 2 aromatic carbocycles. The van der Waals surface area contributed by atoms with Crippen molar-refractivity contribution in [3.05, 3.63) is 59.4 Å². The van der Waals surface area contributed by atoms with E-state index in [0.29, 0.717) is 17.7 Å². The second kappa shape index (κ2) is 5.98. The Kier molecular flexibility index (Phi) is 4.11. The van der Waals surface area contributed by atoms with Gasteiger partial charge >= 0.3 is 0 Å². The minimum atomic E-state index is -0.599. The number of hydrogen-bond donors (Lipinski definition) is 0. The smallest absolute Gasteiger partial charge is 0.167 e. The molecule has 0 N–H and O–H groups in total. The van der Waals surface area contributed by atoms with Gasteiger partial charge in [0.05, 0.1) is 11.6 Å². The lowest BCUT2D eigenvalue weighted by Crippen LogP contribution is -1.96. The van der Waals surface area contributed by atoms with E-state index in [9.17, 15) is 9.18 Å². The third-order valence-electron chi connectivity index (χ3n) is 2.79. The standard InChI is InChI=1S/C16H12FNO2/c1-2-15(19)12-4-6-13(7-5-12)20-16-8-3-11(10-18)9-14(16)17/h3-9H,2H2,1H3. The molecule has 3 nitrogen and oxygen atoms in total. The van der Waals surface area contributed by atoms with Crippen molar-refractivity contribution in [3.8, 4) is 17.6 Å². The molecule has 0 aliphatic heterocycles. The first-order chi connectivity index (χ1) is 9.63. The highest BCUT2D eigenvalue weighted by molar-refractivity contribution is 5.95.